The Morgan fingerprint density at radius 3 is 2.21 bits per heavy atom. The molecular weight excluding hydrogens is 174 g/mol. The monoisotopic (exact) mass is 197 g/mol. The lowest BCUT2D eigenvalue weighted by Crippen LogP contribution is -2.35. The zero-order chi connectivity index (χ0) is 9.97. The molecule has 0 aromatic carbocycles. The molecule has 1 N–H and O–H groups in total. The van der Waals surface area contributed by atoms with Gasteiger partial charge in [0.1, 0.15) is 0 Å². The quantitative estimate of drug-likeness (QED) is 0.674. The van der Waals surface area contributed by atoms with Gasteiger partial charge in [0.05, 0.1) is 6.61 Å². The summed E-state index contributed by atoms with van der Waals surface area (Å²) in [5.41, 5.74) is 0. The summed E-state index contributed by atoms with van der Waals surface area (Å²) in [7, 11) is 1.78. The lowest BCUT2D eigenvalue weighted by molar-refractivity contribution is 0.168. The molecule has 2 nitrogen and oxygen atoms in total. The van der Waals surface area contributed by atoms with Crippen molar-refractivity contribution < 1.29 is 4.74 Å². The minimum absolute atomic E-state index is 0.514. The predicted molar refractivity (Wildman–Crippen MR) is 58.3 cm³/mol. The van der Waals surface area contributed by atoms with Gasteiger partial charge in [-0.25, -0.2) is 0 Å². The predicted octanol–water partition coefficient (Wildman–Crippen LogP) is 2.05. The first-order valence-corrected chi connectivity index (χ1v) is 6.03. The lowest BCUT2D eigenvalue weighted by Gasteiger charge is -2.19. The molecule has 0 saturated heterocycles. The highest BCUT2D eigenvalue weighted by atomic mass is 16.5. The topological polar surface area (TPSA) is 21.3 Å². The molecule has 0 amide bonds. The number of hydrogen-bond donors (Lipinski definition) is 1. The minimum Gasteiger partial charge on any atom is -0.383 e. The maximum absolute atomic E-state index is 5.13. The molecule has 0 bridgehead atoms. The van der Waals surface area contributed by atoms with E-state index in [2.05, 4.69) is 12.2 Å². The van der Waals surface area contributed by atoms with Crippen LogP contribution in [0, 0.1) is 17.8 Å². The number of rotatable bonds is 7. The summed E-state index contributed by atoms with van der Waals surface area (Å²) >= 11 is 0. The normalized spacial score (nSPS) is 24.2. The van der Waals surface area contributed by atoms with Crippen LogP contribution in [0.1, 0.15) is 32.6 Å². The van der Waals surface area contributed by atoms with Gasteiger partial charge in [0.2, 0.25) is 0 Å². The Morgan fingerprint density at radius 2 is 1.79 bits per heavy atom. The Morgan fingerprint density at radius 1 is 1.21 bits per heavy atom. The zero-order valence-corrected chi connectivity index (χ0v) is 9.46. The van der Waals surface area contributed by atoms with Gasteiger partial charge in [-0.1, -0.05) is 0 Å². The first-order valence-electron chi connectivity index (χ1n) is 6.03. The highest BCUT2D eigenvalue weighted by Gasteiger charge is 2.40. The van der Waals surface area contributed by atoms with Crippen molar-refractivity contribution >= 4 is 0 Å². The van der Waals surface area contributed by atoms with Crippen LogP contribution in [0.5, 0.6) is 0 Å². The van der Waals surface area contributed by atoms with E-state index in [4.69, 9.17) is 4.74 Å². The molecule has 2 fully saturated rings. The van der Waals surface area contributed by atoms with E-state index in [-0.39, 0.29) is 0 Å². The molecule has 0 aromatic heterocycles. The van der Waals surface area contributed by atoms with Crippen molar-refractivity contribution in [2.75, 3.05) is 20.3 Å². The van der Waals surface area contributed by atoms with E-state index in [1.807, 2.05) is 0 Å². The third-order valence-electron chi connectivity index (χ3n) is 3.57. The molecule has 0 aromatic rings. The van der Waals surface area contributed by atoms with Gasteiger partial charge in [-0.3, -0.25) is 0 Å². The van der Waals surface area contributed by atoms with Gasteiger partial charge in [-0.2, -0.15) is 0 Å². The van der Waals surface area contributed by atoms with Crippen molar-refractivity contribution in [1.82, 2.24) is 5.32 Å². The summed E-state index contributed by atoms with van der Waals surface area (Å²) in [4.78, 5) is 0. The number of hydrogen-bond acceptors (Lipinski definition) is 2. The number of nitrogens with one attached hydrogen (secondary N) is 1. The van der Waals surface area contributed by atoms with Crippen LogP contribution in [0.25, 0.3) is 0 Å². The minimum atomic E-state index is 0.514. The standard InChI is InChI=1S/C12H23NO/c1-9(8-14-2)13-7-12(10-3-4-10)11-5-6-11/h9-13H,3-8H2,1-2H3. The van der Waals surface area contributed by atoms with E-state index in [0.29, 0.717) is 6.04 Å². The van der Waals surface area contributed by atoms with E-state index >= 15 is 0 Å². The second-order valence-electron chi connectivity index (χ2n) is 5.10. The van der Waals surface area contributed by atoms with Crippen LogP contribution in [0.3, 0.4) is 0 Å². The van der Waals surface area contributed by atoms with E-state index < -0.39 is 0 Å². The Hall–Kier alpha value is -0.0800. The molecular formula is C12H23NO. The number of methoxy groups -OCH3 is 1. The van der Waals surface area contributed by atoms with Gasteiger partial charge in [-0.15, -0.1) is 0 Å². The molecule has 2 aliphatic rings. The molecule has 2 saturated carbocycles. The number of ether oxygens (including phenoxy) is 1. The molecule has 14 heavy (non-hydrogen) atoms. The van der Waals surface area contributed by atoms with Crippen molar-refractivity contribution in [1.29, 1.82) is 0 Å². The first kappa shape index (κ1) is 10.4. The first-order chi connectivity index (χ1) is 6.81. The van der Waals surface area contributed by atoms with Crippen molar-refractivity contribution in [3.63, 3.8) is 0 Å². The SMILES string of the molecule is COCC(C)NCC(C1CC1)C1CC1. The smallest absolute Gasteiger partial charge is 0.0613 e. The Kier molecular flexibility index (Phi) is 3.45. The average Bonchev–Trinajstić information content (AvgIpc) is 3.01. The summed E-state index contributed by atoms with van der Waals surface area (Å²) in [6.07, 6.45) is 5.95. The second-order valence-corrected chi connectivity index (χ2v) is 5.10. The largest absolute Gasteiger partial charge is 0.383 e. The van der Waals surface area contributed by atoms with Crippen molar-refractivity contribution in [3.05, 3.63) is 0 Å². The van der Waals surface area contributed by atoms with Crippen LogP contribution >= 0.6 is 0 Å². The molecule has 2 aliphatic carbocycles. The van der Waals surface area contributed by atoms with E-state index in [1.165, 1.54) is 32.2 Å². The van der Waals surface area contributed by atoms with E-state index in [0.717, 1.165) is 24.4 Å². The summed E-state index contributed by atoms with van der Waals surface area (Å²) in [5, 5.41) is 3.60. The van der Waals surface area contributed by atoms with Crippen LogP contribution in [-0.4, -0.2) is 26.3 Å². The summed E-state index contributed by atoms with van der Waals surface area (Å²) in [6, 6.07) is 0.514. The maximum Gasteiger partial charge on any atom is 0.0613 e. The third-order valence-corrected chi connectivity index (χ3v) is 3.57. The van der Waals surface area contributed by atoms with Gasteiger partial charge in [0.25, 0.3) is 0 Å². The molecule has 2 rings (SSSR count). The molecule has 2 heteroatoms. The van der Waals surface area contributed by atoms with E-state index in [9.17, 15) is 0 Å². The molecule has 1 unspecified atom stereocenters. The Labute approximate surface area is 87.4 Å². The van der Waals surface area contributed by atoms with Crippen LogP contribution in [0.2, 0.25) is 0 Å². The molecule has 0 radical (unpaired) electrons. The van der Waals surface area contributed by atoms with Gasteiger partial charge >= 0.3 is 0 Å². The Balaban J connectivity index is 1.66. The van der Waals surface area contributed by atoms with Gasteiger partial charge in [0.15, 0.2) is 0 Å². The fourth-order valence-electron chi connectivity index (χ4n) is 2.41. The van der Waals surface area contributed by atoms with Crippen LogP contribution in [0.15, 0.2) is 0 Å². The van der Waals surface area contributed by atoms with Crippen molar-refractivity contribution in [2.24, 2.45) is 17.8 Å². The highest BCUT2D eigenvalue weighted by molar-refractivity contribution is 4.92. The van der Waals surface area contributed by atoms with Crippen LogP contribution in [-0.2, 0) is 4.74 Å². The molecule has 0 spiro atoms. The molecule has 82 valence electrons. The fourth-order valence-corrected chi connectivity index (χ4v) is 2.41. The summed E-state index contributed by atoms with van der Waals surface area (Å²) in [5.74, 6) is 3.10. The zero-order valence-electron chi connectivity index (χ0n) is 9.46. The molecule has 1 atom stereocenters. The van der Waals surface area contributed by atoms with Crippen LogP contribution in [0.4, 0.5) is 0 Å². The highest BCUT2D eigenvalue weighted by Crippen LogP contribution is 2.48. The molecule has 0 aliphatic heterocycles. The fraction of sp³-hybridized carbons (Fsp3) is 1.00. The average molecular weight is 197 g/mol. The second kappa shape index (κ2) is 4.63. The summed E-state index contributed by atoms with van der Waals surface area (Å²) < 4.78 is 5.13. The van der Waals surface area contributed by atoms with Gasteiger partial charge in [0, 0.05) is 13.2 Å². The van der Waals surface area contributed by atoms with E-state index in [1.54, 1.807) is 7.11 Å². The van der Waals surface area contributed by atoms with Crippen LogP contribution < -0.4 is 5.32 Å². The van der Waals surface area contributed by atoms with Crippen molar-refractivity contribution in [3.8, 4) is 0 Å². The summed E-state index contributed by atoms with van der Waals surface area (Å²) in [6.45, 7) is 4.27. The van der Waals surface area contributed by atoms with Crippen molar-refractivity contribution in [2.45, 2.75) is 38.6 Å². The third kappa shape index (κ3) is 2.96. The van der Waals surface area contributed by atoms with Gasteiger partial charge in [-0.05, 0) is 56.9 Å². The maximum atomic E-state index is 5.13. The lowest BCUT2D eigenvalue weighted by atomic mass is 9.98. The Bertz CT molecular complexity index is 163. The molecule has 0 heterocycles. The van der Waals surface area contributed by atoms with Gasteiger partial charge < -0.3 is 10.1 Å².